The zero-order valence-electron chi connectivity index (χ0n) is 12.4. The highest BCUT2D eigenvalue weighted by molar-refractivity contribution is 6.30. The molecule has 3 heterocycles. The van der Waals surface area contributed by atoms with Gasteiger partial charge in [0.1, 0.15) is 0 Å². The summed E-state index contributed by atoms with van der Waals surface area (Å²) >= 11 is 5.89. The number of rotatable bonds is 3. The molecule has 24 heavy (non-hydrogen) atoms. The van der Waals surface area contributed by atoms with Crippen molar-refractivity contribution >= 4 is 34.4 Å². The average molecular weight is 342 g/mol. The second-order valence-electron chi connectivity index (χ2n) is 5.49. The number of nitrogens with zero attached hydrogens (tertiary/aromatic N) is 3. The van der Waals surface area contributed by atoms with Crippen LogP contribution in [0, 0.1) is 0 Å². The first-order valence-electron chi connectivity index (χ1n) is 7.42. The molecule has 7 nitrogen and oxygen atoms in total. The van der Waals surface area contributed by atoms with E-state index in [2.05, 4.69) is 20.4 Å². The third kappa shape index (κ3) is 2.13. The minimum Gasteiger partial charge on any atom is -0.454 e. The number of fused-ring (bicyclic) bond motifs is 4. The summed E-state index contributed by atoms with van der Waals surface area (Å²) < 4.78 is 12.6. The highest BCUT2D eigenvalue weighted by atomic mass is 35.5. The molecule has 0 unspecified atom stereocenters. The van der Waals surface area contributed by atoms with Gasteiger partial charge in [-0.2, -0.15) is 4.98 Å². The van der Waals surface area contributed by atoms with Crippen LogP contribution in [0.1, 0.15) is 5.56 Å². The van der Waals surface area contributed by atoms with Gasteiger partial charge in [0.25, 0.3) is 5.78 Å². The molecular formula is C16H12ClN5O2. The lowest BCUT2D eigenvalue weighted by atomic mass is 10.2. The molecule has 1 aliphatic heterocycles. The largest absolute Gasteiger partial charge is 0.454 e. The Morgan fingerprint density at radius 2 is 1.92 bits per heavy atom. The van der Waals surface area contributed by atoms with E-state index >= 15 is 0 Å². The zero-order valence-corrected chi connectivity index (χ0v) is 13.2. The first-order valence-corrected chi connectivity index (χ1v) is 7.80. The first-order chi connectivity index (χ1) is 11.8. The number of nitrogens with one attached hydrogen (secondary N) is 2. The van der Waals surface area contributed by atoms with E-state index < -0.39 is 0 Å². The first kappa shape index (κ1) is 13.5. The fraction of sp³-hybridized carbons (Fsp3) is 0.125. The van der Waals surface area contributed by atoms with E-state index in [1.54, 1.807) is 0 Å². The van der Waals surface area contributed by atoms with E-state index in [0.717, 1.165) is 27.4 Å². The van der Waals surface area contributed by atoms with E-state index in [1.165, 1.54) is 0 Å². The summed E-state index contributed by atoms with van der Waals surface area (Å²) in [6.07, 6.45) is 0. The summed E-state index contributed by atoms with van der Waals surface area (Å²) in [6.45, 7) is 0.880. The summed E-state index contributed by atoms with van der Waals surface area (Å²) in [5.74, 6) is 2.67. The number of hydrogen-bond donors (Lipinski definition) is 2. The Bertz CT molecular complexity index is 1050. The summed E-state index contributed by atoms with van der Waals surface area (Å²) in [5, 5.41) is 7.17. The van der Waals surface area contributed by atoms with Crippen LogP contribution in [0.15, 0.2) is 36.4 Å². The van der Waals surface area contributed by atoms with Crippen LogP contribution in [-0.4, -0.2) is 26.4 Å². The molecule has 2 aromatic heterocycles. The van der Waals surface area contributed by atoms with Crippen LogP contribution in [0.25, 0.3) is 16.8 Å². The molecule has 4 aromatic rings. The van der Waals surface area contributed by atoms with Crippen molar-refractivity contribution in [1.29, 1.82) is 0 Å². The van der Waals surface area contributed by atoms with Crippen molar-refractivity contribution in [1.82, 2.24) is 19.6 Å². The molecule has 1 aliphatic rings. The van der Waals surface area contributed by atoms with Crippen LogP contribution in [0.2, 0.25) is 5.02 Å². The fourth-order valence-electron chi connectivity index (χ4n) is 2.74. The topological polar surface area (TPSA) is 76.5 Å². The van der Waals surface area contributed by atoms with Crippen LogP contribution in [0.3, 0.4) is 0 Å². The van der Waals surface area contributed by atoms with Crippen molar-refractivity contribution in [2.75, 3.05) is 12.1 Å². The van der Waals surface area contributed by atoms with Crippen LogP contribution >= 0.6 is 11.6 Å². The molecule has 2 aromatic carbocycles. The number of aromatic nitrogens is 4. The van der Waals surface area contributed by atoms with Gasteiger partial charge in [-0.15, -0.1) is 0 Å². The second-order valence-corrected chi connectivity index (χ2v) is 5.93. The summed E-state index contributed by atoms with van der Waals surface area (Å²) in [6, 6.07) is 11.4. The van der Waals surface area contributed by atoms with Gasteiger partial charge in [0.05, 0.1) is 11.0 Å². The summed E-state index contributed by atoms with van der Waals surface area (Å²) in [5.41, 5.74) is 2.81. The molecule has 5 rings (SSSR count). The van der Waals surface area contributed by atoms with Crippen molar-refractivity contribution in [2.45, 2.75) is 6.54 Å². The monoisotopic (exact) mass is 341 g/mol. The highest BCUT2D eigenvalue weighted by Crippen LogP contribution is 2.35. The quantitative estimate of drug-likeness (QED) is 0.598. The molecule has 0 bridgehead atoms. The normalized spacial score (nSPS) is 13.0. The fourth-order valence-corrected chi connectivity index (χ4v) is 2.86. The molecule has 0 amide bonds. The van der Waals surface area contributed by atoms with Gasteiger partial charge in [0, 0.05) is 23.7 Å². The smallest absolute Gasteiger partial charge is 0.253 e. The average Bonchev–Trinajstić information content (AvgIpc) is 3.26. The lowest BCUT2D eigenvalue weighted by Crippen LogP contribution is -2.01. The van der Waals surface area contributed by atoms with Crippen LogP contribution in [-0.2, 0) is 6.54 Å². The lowest BCUT2D eigenvalue weighted by molar-refractivity contribution is 0.174. The molecule has 0 spiro atoms. The van der Waals surface area contributed by atoms with E-state index in [1.807, 2.05) is 40.9 Å². The third-order valence-electron chi connectivity index (χ3n) is 3.93. The number of benzene rings is 2. The Morgan fingerprint density at radius 3 is 2.75 bits per heavy atom. The van der Waals surface area contributed by atoms with Gasteiger partial charge in [-0.25, -0.2) is 9.50 Å². The van der Waals surface area contributed by atoms with Gasteiger partial charge in [-0.3, -0.25) is 5.10 Å². The number of anilines is 1. The molecular weight excluding hydrogens is 330 g/mol. The zero-order chi connectivity index (χ0) is 16.1. The Morgan fingerprint density at radius 1 is 1.12 bits per heavy atom. The molecule has 0 atom stereocenters. The Labute approximate surface area is 141 Å². The van der Waals surface area contributed by atoms with Gasteiger partial charge in [-0.05, 0) is 17.7 Å². The molecule has 0 saturated carbocycles. The number of halogens is 1. The van der Waals surface area contributed by atoms with Crippen LogP contribution in [0.4, 0.5) is 5.95 Å². The highest BCUT2D eigenvalue weighted by Gasteiger charge is 2.18. The SMILES string of the molecule is Clc1ccc(CNc2nc3nc4cc5c(cc4n3[nH]2)OCO5)cc1. The summed E-state index contributed by atoms with van der Waals surface area (Å²) in [7, 11) is 0. The Kier molecular flexibility index (Phi) is 2.83. The van der Waals surface area contributed by atoms with Gasteiger partial charge < -0.3 is 14.8 Å². The number of ether oxygens (including phenoxy) is 2. The van der Waals surface area contributed by atoms with Crippen LogP contribution < -0.4 is 14.8 Å². The van der Waals surface area contributed by atoms with Gasteiger partial charge in [-0.1, -0.05) is 23.7 Å². The van der Waals surface area contributed by atoms with Gasteiger partial charge in [0.15, 0.2) is 11.5 Å². The molecule has 0 radical (unpaired) electrons. The molecule has 0 fully saturated rings. The van der Waals surface area contributed by atoms with E-state index in [9.17, 15) is 0 Å². The standard InChI is InChI=1S/C16H12ClN5O2/c17-10-3-1-9(2-4-10)7-18-15-20-16-19-11-5-13-14(24-8-23-13)6-12(11)22(16)21-15/h1-6H,7-8H2,(H2,18,19,20,21). The second kappa shape index (κ2) is 5.04. The predicted octanol–water partition coefficient (Wildman–Crippen LogP) is 3.20. The number of H-pyrrole nitrogens is 1. The van der Waals surface area contributed by atoms with Crippen molar-refractivity contribution in [2.24, 2.45) is 0 Å². The number of hydrogen-bond acceptors (Lipinski definition) is 5. The predicted molar refractivity (Wildman–Crippen MR) is 89.7 cm³/mol. The van der Waals surface area contributed by atoms with Crippen molar-refractivity contribution in [3.63, 3.8) is 0 Å². The minimum absolute atomic E-state index is 0.243. The minimum atomic E-state index is 0.243. The van der Waals surface area contributed by atoms with E-state index in [0.29, 0.717) is 24.0 Å². The Hall–Kier alpha value is -2.93. The maximum atomic E-state index is 5.89. The number of aromatic amines is 1. The maximum absolute atomic E-state index is 5.89. The van der Waals surface area contributed by atoms with Gasteiger partial charge in [0.2, 0.25) is 12.7 Å². The summed E-state index contributed by atoms with van der Waals surface area (Å²) in [4.78, 5) is 8.97. The van der Waals surface area contributed by atoms with Gasteiger partial charge >= 0.3 is 0 Å². The van der Waals surface area contributed by atoms with E-state index in [-0.39, 0.29) is 6.79 Å². The molecule has 0 aliphatic carbocycles. The molecule has 120 valence electrons. The number of imidazole rings is 1. The third-order valence-corrected chi connectivity index (χ3v) is 4.19. The van der Waals surface area contributed by atoms with E-state index in [4.69, 9.17) is 21.1 Å². The molecule has 2 N–H and O–H groups in total. The van der Waals surface area contributed by atoms with Crippen molar-refractivity contribution < 1.29 is 9.47 Å². The van der Waals surface area contributed by atoms with Crippen LogP contribution in [0.5, 0.6) is 11.5 Å². The lowest BCUT2D eigenvalue weighted by Gasteiger charge is -2.02. The van der Waals surface area contributed by atoms with Crippen molar-refractivity contribution in [3.05, 3.63) is 47.0 Å². The Balaban J connectivity index is 1.46. The van der Waals surface area contributed by atoms with Crippen molar-refractivity contribution in [3.8, 4) is 11.5 Å². The molecule has 8 heteroatoms. The maximum Gasteiger partial charge on any atom is 0.253 e. The molecule has 0 saturated heterocycles.